The number of esters is 1. The first-order chi connectivity index (χ1) is 32.6. The van der Waals surface area contributed by atoms with Gasteiger partial charge in [-0.15, -0.1) is 0 Å². The summed E-state index contributed by atoms with van der Waals surface area (Å²) in [6, 6.07) is 0. The number of quaternary nitrogens is 1. The SMILES string of the molecule is CCCCC/C=C\C/C=C\C/C=C\CCCCCCCCC(=O)OC(COCCCCCCCCCCCCC/C=C\C/C=C\C/C=C\CCCCCCC)COP(=O)(O)OCC[N+](C)(C)C. The molecule has 0 amide bonds. The number of hydrogen-bond acceptors (Lipinski definition) is 6. The standard InChI is InChI=1S/C58H106NO7P/c1-6-8-10-12-14-16-18-20-22-24-26-27-28-29-30-31-32-34-36-38-40-42-44-46-48-50-53-63-55-57(56-65-67(61,62)64-54-52-59(3,4)5)66-58(60)51-49-47-45-43-41-39-37-35-33-25-23-21-19-17-15-13-11-9-7-2/h15,17-18,20-21,23-24,26,28-29,33,35,57H,6-14,16,19,22,25,27,30-32,34,36-56H2,1-5H3/p+1/b17-15-,20-18-,23-21-,26-24-,29-28-,35-33-. The van der Waals surface area contributed by atoms with E-state index >= 15 is 0 Å². The molecule has 0 radical (unpaired) electrons. The van der Waals surface area contributed by atoms with Crippen LogP contribution in [0.2, 0.25) is 0 Å². The third-order valence-electron chi connectivity index (χ3n) is 11.7. The summed E-state index contributed by atoms with van der Waals surface area (Å²) >= 11 is 0. The van der Waals surface area contributed by atoms with Gasteiger partial charge in [0.15, 0.2) is 0 Å². The highest BCUT2D eigenvalue weighted by Crippen LogP contribution is 2.43. The van der Waals surface area contributed by atoms with Crippen molar-refractivity contribution in [2.45, 2.75) is 238 Å². The number of carbonyl (C=O) groups excluding carboxylic acids is 1. The Morgan fingerprint density at radius 2 is 0.821 bits per heavy atom. The summed E-state index contributed by atoms with van der Waals surface area (Å²) in [5.41, 5.74) is 0. The van der Waals surface area contributed by atoms with Crippen LogP contribution in [-0.4, -0.2) is 75.6 Å². The normalized spacial score (nSPS) is 14.1. The number of hydrogen-bond donors (Lipinski definition) is 1. The molecule has 0 saturated heterocycles. The van der Waals surface area contributed by atoms with Crippen LogP contribution in [0.5, 0.6) is 0 Å². The molecule has 1 N–H and O–H groups in total. The summed E-state index contributed by atoms with van der Waals surface area (Å²) in [7, 11) is 1.65. The van der Waals surface area contributed by atoms with E-state index in [1.54, 1.807) is 0 Å². The fourth-order valence-electron chi connectivity index (χ4n) is 7.45. The van der Waals surface area contributed by atoms with Gasteiger partial charge in [-0.1, -0.05) is 209 Å². The molecule has 2 unspecified atom stereocenters. The van der Waals surface area contributed by atoms with E-state index in [0.717, 1.165) is 70.6 Å². The molecule has 0 fully saturated rings. The van der Waals surface area contributed by atoms with Gasteiger partial charge >= 0.3 is 13.8 Å². The molecule has 0 aromatic carbocycles. The lowest BCUT2D eigenvalue weighted by Crippen LogP contribution is -2.37. The van der Waals surface area contributed by atoms with Crippen molar-refractivity contribution in [3.8, 4) is 0 Å². The molecule has 0 bridgehead atoms. The van der Waals surface area contributed by atoms with Crippen molar-refractivity contribution < 1.29 is 37.3 Å². The number of phosphoric acid groups is 1. The van der Waals surface area contributed by atoms with Crippen molar-refractivity contribution in [3.05, 3.63) is 72.9 Å². The van der Waals surface area contributed by atoms with Gasteiger partial charge in [0.05, 0.1) is 34.4 Å². The van der Waals surface area contributed by atoms with Crippen LogP contribution >= 0.6 is 7.82 Å². The van der Waals surface area contributed by atoms with Crippen molar-refractivity contribution in [1.29, 1.82) is 0 Å². The third-order valence-corrected chi connectivity index (χ3v) is 12.7. The van der Waals surface area contributed by atoms with E-state index in [1.165, 1.54) is 141 Å². The van der Waals surface area contributed by atoms with Gasteiger partial charge in [0, 0.05) is 13.0 Å². The molecule has 0 heterocycles. The van der Waals surface area contributed by atoms with E-state index in [9.17, 15) is 14.3 Å². The number of rotatable bonds is 51. The molecule has 0 saturated carbocycles. The summed E-state index contributed by atoms with van der Waals surface area (Å²) in [5, 5.41) is 0. The van der Waals surface area contributed by atoms with Gasteiger partial charge in [-0.3, -0.25) is 13.8 Å². The zero-order valence-electron chi connectivity index (χ0n) is 44.4. The number of nitrogens with zero attached hydrogens (tertiary/aromatic N) is 1. The highest BCUT2D eigenvalue weighted by atomic mass is 31.2. The zero-order valence-corrected chi connectivity index (χ0v) is 45.3. The molecule has 0 aromatic heterocycles. The van der Waals surface area contributed by atoms with E-state index in [2.05, 4.69) is 86.8 Å². The maximum atomic E-state index is 12.8. The largest absolute Gasteiger partial charge is 0.472 e. The molecule has 0 spiro atoms. The van der Waals surface area contributed by atoms with Crippen LogP contribution in [0.1, 0.15) is 232 Å². The Labute approximate surface area is 414 Å². The van der Waals surface area contributed by atoms with E-state index in [4.69, 9.17) is 18.5 Å². The summed E-state index contributed by atoms with van der Waals surface area (Å²) in [6.45, 7) is 5.57. The van der Waals surface area contributed by atoms with Crippen molar-refractivity contribution >= 4 is 13.8 Å². The van der Waals surface area contributed by atoms with Crippen molar-refractivity contribution in [2.24, 2.45) is 0 Å². The monoisotopic (exact) mass is 961 g/mol. The Balaban J connectivity index is 4.13. The van der Waals surface area contributed by atoms with E-state index in [-0.39, 0.29) is 25.8 Å². The molecule has 0 rings (SSSR count). The second-order valence-electron chi connectivity index (χ2n) is 19.6. The fourth-order valence-corrected chi connectivity index (χ4v) is 8.19. The number of phosphoric ester groups is 1. The second-order valence-corrected chi connectivity index (χ2v) is 21.1. The van der Waals surface area contributed by atoms with Crippen LogP contribution in [0.15, 0.2) is 72.9 Å². The minimum atomic E-state index is -4.29. The average Bonchev–Trinajstić information content (AvgIpc) is 3.29. The first kappa shape index (κ1) is 64.9. The van der Waals surface area contributed by atoms with Gasteiger partial charge in [0.25, 0.3) is 0 Å². The summed E-state index contributed by atoms with van der Waals surface area (Å²) in [5.74, 6) is -0.327. The summed E-state index contributed by atoms with van der Waals surface area (Å²) in [4.78, 5) is 23.0. The zero-order chi connectivity index (χ0) is 49.0. The molecule has 2 atom stereocenters. The Hall–Kier alpha value is -2.06. The number of carbonyl (C=O) groups is 1. The number of likely N-dealkylation sites (N-methyl/N-ethyl adjacent to an activating group) is 1. The maximum Gasteiger partial charge on any atom is 0.472 e. The lowest BCUT2D eigenvalue weighted by atomic mass is 10.1. The van der Waals surface area contributed by atoms with Crippen LogP contribution in [0, 0.1) is 0 Å². The highest BCUT2D eigenvalue weighted by Gasteiger charge is 2.26. The molecule has 0 aliphatic heterocycles. The first-order valence-corrected chi connectivity index (χ1v) is 29.2. The molecule has 67 heavy (non-hydrogen) atoms. The maximum absolute atomic E-state index is 12.8. The Morgan fingerprint density at radius 1 is 0.463 bits per heavy atom. The summed E-state index contributed by atoms with van der Waals surface area (Å²) in [6.07, 6.45) is 66.7. The quantitative estimate of drug-likeness (QED) is 0.0213. The van der Waals surface area contributed by atoms with Crippen molar-refractivity contribution in [1.82, 2.24) is 0 Å². The van der Waals surface area contributed by atoms with Crippen molar-refractivity contribution in [3.63, 3.8) is 0 Å². The second kappa shape index (κ2) is 50.3. The molecule has 0 aromatic rings. The lowest BCUT2D eigenvalue weighted by Gasteiger charge is -2.24. The minimum absolute atomic E-state index is 0.0823. The lowest BCUT2D eigenvalue weighted by molar-refractivity contribution is -0.870. The first-order valence-electron chi connectivity index (χ1n) is 27.7. The predicted molar refractivity (Wildman–Crippen MR) is 288 cm³/mol. The van der Waals surface area contributed by atoms with Crippen LogP contribution < -0.4 is 0 Å². The molecule has 9 heteroatoms. The van der Waals surface area contributed by atoms with Gasteiger partial charge in [-0.25, -0.2) is 4.57 Å². The summed E-state index contributed by atoms with van der Waals surface area (Å²) < 4.78 is 35.2. The average molecular weight is 961 g/mol. The Kier molecular flexibility index (Phi) is 48.8. The molecule has 0 aliphatic carbocycles. The van der Waals surface area contributed by atoms with Crippen LogP contribution in [0.4, 0.5) is 0 Å². The van der Waals surface area contributed by atoms with Crippen molar-refractivity contribution in [2.75, 3.05) is 54.1 Å². The van der Waals surface area contributed by atoms with E-state index in [1.807, 2.05) is 21.1 Å². The molecule has 0 aliphatic rings. The molecule has 390 valence electrons. The van der Waals surface area contributed by atoms with Gasteiger partial charge in [-0.05, 0) is 89.9 Å². The predicted octanol–water partition coefficient (Wildman–Crippen LogP) is 17.4. The molecular formula is C58H107NO7P+. The van der Waals surface area contributed by atoms with Gasteiger partial charge in [-0.2, -0.15) is 0 Å². The molecule has 8 nitrogen and oxygen atoms in total. The third kappa shape index (κ3) is 54.7. The van der Waals surface area contributed by atoms with E-state index < -0.39 is 13.9 Å². The van der Waals surface area contributed by atoms with Crippen LogP contribution in [-0.2, 0) is 27.9 Å². The Morgan fingerprint density at radius 3 is 1.25 bits per heavy atom. The number of ether oxygens (including phenoxy) is 2. The van der Waals surface area contributed by atoms with Crippen LogP contribution in [0.3, 0.4) is 0 Å². The van der Waals surface area contributed by atoms with Gasteiger partial charge in [0.2, 0.25) is 0 Å². The topological polar surface area (TPSA) is 91.3 Å². The fraction of sp³-hybridized carbons (Fsp3) is 0.776. The Bertz CT molecular complexity index is 1300. The van der Waals surface area contributed by atoms with Gasteiger partial charge in [0.1, 0.15) is 19.3 Å². The van der Waals surface area contributed by atoms with Crippen LogP contribution in [0.25, 0.3) is 0 Å². The number of unbranched alkanes of at least 4 members (excludes halogenated alkanes) is 25. The number of allylic oxidation sites excluding steroid dienone is 12. The molecular weight excluding hydrogens is 854 g/mol. The highest BCUT2D eigenvalue weighted by molar-refractivity contribution is 7.47. The van der Waals surface area contributed by atoms with E-state index in [0.29, 0.717) is 24.1 Å². The van der Waals surface area contributed by atoms with Gasteiger partial charge < -0.3 is 18.9 Å². The smallest absolute Gasteiger partial charge is 0.457 e. The minimum Gasteiger partial charge on any atom is -0.457 e.